The molecule has 2 heterocycles. The fourth-order valence-electron chi connectivity index (χ4n) is 4.16. The lowest BCUT2D eigenvalue weighted by molar-refractivity contribution is -0.117. The zero-order valence-corrected chi connectivity index (χ0v) is 18.5. The van der Waals surface area contributed by atoms with Gasteiger partial charge in [0.05, 0.1) is 0 Å². The first kappa shape index (κ1) is 21.8. The maximum absolute atomic E-state index is 13.0. The van der Waals surface area contributed by atoms with E-state index >= 15 is 0 Å². The normalized spacial score (nSPS) is 17.1. The third-order valence-corrected chi connectivity index (χ3v) is 6.06. The van der Waals surface area contributed by atoms with Crippen molar-refractivity contribution < 1.29 is 9.59 Å². The monoisotopic (exact) mass is 432 g/mol. The molecular weight excluding hydrogens is 404 g/mol. The van der Waals surface area contributed by atoms with Gasteiger partial charge in [-0.2, -0.15) is 0 Å². The summed E-state index contributed by atoms with van der Waals surface area (Å²) in [5.74, 6) is 6.67. The number of amides is 2. The SMILES string of the molecule is Cc1cc(C)c(C(=O)NC2(C#Cc3ccc(NC(=O)C4CC4)nc3)CCCCC2)c(=O)[nH]1. The maximum atomic E-state index is 13.0. The van der Waals surface area contributed by atoms with Crippen molar-refractivity contribution in [2.24, 2.45) is 5.92 Å². The van der Waals surface area contributed by atoms with Gasteiger partial charge in [0.1, 0.15) is 16.9 Å². The Hall–Kier alpha value is -3.40. The average Bonchev–Trinajstić information content (AvgIpc) is 3.59. The van der Waals surface area contributed by atoms with Gasteiger partial charge in [-0.3, -0.25) is 14.4 Å². The minimum atomic E-state index is -0.683. The van der Waals surface area contributed by atoms with E-state index in [-0.39, 0.29) is 22.9 Å². The molecule has 3 N–H and O–H groups in total. The predicted octanol–water partition coefficient (Wildman–Crippen LogP) is 3.22. The van der Waals surface area contributed by atoms with E-state index in [0.717, 1.165) is 50.6 Å². The lowest BCUT2D eigenvalue weighted by Crippen LogP contribution is -2.50. The van der Waals surface area contributed by atoms with Crippen LogP contribution in [0, 0.1) is 31.6 Å². The molecule has 0 aliphatic heterocycles. The van der Waals surface area contributed by atoms with Crippen LogP contribution in [0.4, 0.5) is 5.82 Å². The van der Waals surface area contributed by atoms with Crippen molar-refractivity contribution in [3.8, 4) is 11.8 Å². The minimum absolute atomic E-state index is 0.0154. The number of carbonyl (C=O) groups is 2. The van der Waals surface area contributed by atoms with Crippen LogP contribution in [0.1, 0.15) is 72.1 Å². The number of nitrogens with one attached hydrogen (secondary N) is 3. The van der Waals surface area contributed by atoms with Gasteiger partial charge in [0.15, 0.2) is 0 Å². The second-order valence-electron chi connectivity index (χ2n) is 8.88. The summed E-state index contributed by atoms with van der Waals surface area (Å²) >= 11 is 0. The van der Waals surface area contributed by atoms with Crippen molar-refractivity contribution in [3.05, 3.63) is 57.1 Å². The van der Waals surface area contributed by atoms with E-state index in [4.69, 9.17) is 0 Å². The number of aromatic amines is 1. The Morgan fingerprint density at radius 1 is 1.16 bits per heavy atom. The summed E-state index contributed by atoms with van der Waals surface area (Å²) in [6, 6.07) is 5.35. The summed E-state index contributed by atoms with van der Waals surface area (Å²) < 4.78 is 0. The molecule has 7 nitrogen and oxygen atoms in total. The quantitative estimate of drug-likeness (QED) is 0.645. The van der Waals surface area contributed by atoms with Crippen LogP contribution in [-0.2, 0) is 4.79 Å². The molecule has 0 radical (unpaired) electrons. The molecule has 2 aromatic heterocycles. The fraction of sp³-hybridized carbons (Fsp3) is 0.440. The molecule has 2 saturated carbocycles. The van der Waals surface area contributed by atoms with Gasteiger partial charge in [-0.25, -0.2) is 4.98 Å². The Kier molecular flexibility index (Phi) is 6.13. The maximum Gasteiger partial charge on any atom is 0.261 e. The third kappa shape index (κ3) is 5.08. The largest absolute Gasteiger partial charge is 0.335 e. The molecule has 0 atom stereocenters. The molecule has 2 aromatic rings. The number of aromatic nitrogens is 2. The Balaban J connectivity index is 1.53. The van der Waals surface area contributed by atoms with Crippen molar-refractivity contribution in [3.63, 3.8) is 0 Å². The Bertz CT molecular complexity index is 1140. The zero-order valence-electron chi connectivity index (χ0n) is 18.5. The predicted molar refractivity (Wildman–Crippen MR) is 122 cm³/mol. The molecule has 32 heavy (non-hydrogen) atoms. The number of anilines is 1. The minimum Gasteiger partial charge on any atom is -0.335 e. The molecule has 2 aliphatic carbocycles. The van der Waals surface area contributed by atoms with Crippen molar-refractivity contribution >= 4 is 17.6 Å². The molecule has 166 valence electrons. The van der Waals surface area contributed by atoms with Crippen molar-refractivity contribution in [2.45, 2.75) is 64.3 Å². The number of rotatable bonds is 4. The average molecular weight is 433 g/mol. The highest BCUT2D eigenvalue weighted by atomic mass is 16.2. The van der Waals surface area contributed by atoms with Crippen LogP contribution in [0.2, 0.25) is 0 Å². The van der Waals surface area contributed by atoms with Crippen molar-refractivity contribution in [1.82, 2.24) is 15.3 Å². The molecule has 0 saturated heterocycles. The van der Waals surface area contributed by atoms with Crippen LogP contribution >= 0.6 is 0 Å². The first-order valence-corrected chi connectivity index (χ1v) is 11.2. The number of hydrogen-bond donors (Lipinski definition) is 3. The molecule has 0 unspecified atom stereocenters. The van der Waals surface area contributed by atoms with Gasteiger partial charge in [0.2, 0.25) is 5.91 Å². The highest BCUT2D eigenvalue weighted by Gasteiger charge is 2.33. The molecular formula is C25H28N4O3. The first-order chi connectivity index (χ1) is 15.3. The van der Waals surface area contributed by atoms with Crippen molar-refractivity contribution in [1.29, 1.82) is 0 Å². The Labute approximate surface area is 187 Å². The van der Waals surface area contributed by atoms with E-state index in [2.05, 4.69) is 32.4 Å². The summed E-state index contributed by atoms with van der Waals surface area (Å²) in [5.41, 5.74) is 1.15. The van der Waals surface area contributed by atoms with Crippen LogP contribution in [0.25, 0.3) is 0 Å². The molecule has 0 spiro atoms. The van der Waals surface area contributed by atoms with Crippen LogP contribution < -0.4 is 16.2 Å². The smallest absolute Gasteiger partial charge is 0.261 e. The van der Waals surface area contributed by atoms with Gasteiger partial charge >= 0.3 is 0 Å². The van der Waals surface area contributed by atoms with Crippen LogP contribution in [-0.4, -0.2) is 27.3 Å². The number of nitrogens with zero attached hydrogens (tertiary/aromatic N) is 1. The summed E-state index contributed by atoms with van der Waals surface area (Å²) in [7, 11) is 0. The number of hydrogen-bond acceptors (Lipinski definition) is 4. The molecule has 2 amide bonds. The second-order valence-corrected chi connectivity index (χ2v) is 8.88. The van der Waals surface area contributed by atoms with E-state index in [1.165, 1.54) is 0 Å². The zero-order chi connectivity index (χ0) is 22.7. The third-order valence-electron chi connectivity index (χ3n) is 6.06. The Morgan fingerprint density at radius 2 is 1.91 bits per heavy atom. The van der Waals surface area contributed by atoms with E-state index in [0.29, 0.717) is 16.9 Å². The molecule has 7 heteroatoms. The molecule has 0 aromatic carbocycles. The van der Waals surface area contributed by atoms with Gasteiger partial charge in [-0.15, -0.1) is 0 Å². The van der Waals surface area contributed by atoms with E-state index in [1.807, 2.05) is 6.07 Å². The van der Waals surface area contributed by atoms with Crippen LogP contribution in [0.5, 0.6) is 0 Å². The van der Waals surface area contributed by atoms with Gasteiger partial charge in [-0.05, 0) is 63.3 Å². The summed E-state index contributed by atoms with van der Waals surface area (Å²) in [6.07, 6.45) is 8.00. The van der Waals surface area contributed by atoms with Crippen LogP contribution in [0.15, 0.2) is 29.2 Å². The van der Waals surface area contributed by atoms with Gasteiger partial charge < -0.3 is 15.6 Å². The summed E-state index contributed by atoms with van der Waals surface area (Å²) in [4.78, 5) is 44.3. The molecule has 4 rings (SSSR count). The highest BCUT2D eigenvalue weighted by molar-refractivity contribution is 5.96. The number of aryl methyl sites for hydroxylation is 2. The number of carbonyl (C=O) groups excluding carboxylic acids is 2. The number of pyridine rings is 2. The van der Waals surface area contributed by atoms with E-state index in [1.54, 1.807) is 32.2 Å². The number of H-pyrrole nitrogens is 1. The second kappa shape index (κ2) is 8.99. The standard InChI is InChI=1S/C25H28N4O3/c1-16-14-17(2)27-23(31)21(16)24(32)29-25(11-4-3-5-12-25)13-10-18-6-9-20(26-15-18)28-22(30)19-7-8-19/h6,9,14-15,19H,3-5,7-8,11-12H2,1-2H3,(H,27,31)(H,29,32)(H,26,28,30). The fourth-order valence-corrected chi connectivity index (χ4v) is 4.16. The molecule has 2 aliphatic rings. The highest BCUT2D eigenvalue weighted by Crippen LogP contribution is 2.30. The van der Waals surface area contributed by atoms with Crippen molar-refractivity contribution in [2.75, 3.05) is 5.32 Å². The van der Waals surface area contributed by atoms with E-state index in [9.17, 15) is 14.4 Å². The Morgan fingerprint density at radius 3 is 2.53 bits per heavy atom. The topological polar surface area (TPSA) is 104 Å². The van der Waals surface area contributed by atoms with E-state index < -0.39 is 11.4 Å². The summed E-state index contributed by atoms with van der Waals surface area (Å²) in [6.45, 7) is 3.56. The molecule has 0 bridgehead atoms. The van der Waals surface area contributed by atoms with Gasteiger partial charge in [0, 0.05) is 23.4 Å². The van der Waals surface area contributed by atoms with Gasteiger partial charge in [0.25, 0.3) is 11.5 Å². The molecule has 2 fully saturated rings. The van der Waals surface area contributed by atoms with Gasteiger partial charge in [-0.1, -0.05) is 31.1 Å². The summed E-state index contributed by atoms with van der Waals surface area (Å²) in [5, 5.41) is 5.88. The first-order valence-electron chi connectivity index (χ1n) is 11.2. The van der Waals surface area contributed by atoms with Crippen LogP contribution in [0.3, 0.4) is 0 Å². The lowest BCUT2D eigenvalue weighted by Gasteiger charge is -2.33. The lowest BCUT2D eigenvalue weighted by atomic mass is 9.81.